The minimum atomic E-state index is -1.09. The fraction of sp³-hybridized carbons (Fsp3) is 0.222. The molecule has 0 fully saturated rings. The van der Waals surface area contributed by atoms with Crippen LogP contribution in [0.4, 0.5) is 14.9 Å². The Morgan fingerprint density at radius 2 is 1.57 bits per heavy atom. The zero-order valence-electron chi connectivity index (χ0n) is 19.3. The summed E-state index contributed by atoms with van der Waals surface area (Å²) in [7, 11) is 0. The Morgan fingerprint density at radius 3 is 2.17 bits per heavy atom. The summed E-state index contributed by atoms with van der Waals surface area (Å²) < 4.78 is 19.4. The molecule has 4 rings (SSSR count). The third kappa shape index (κ3) is 5.32. The van der Waals surface area contributed by atoms with Crippen molar-refractivity contribution in [2.24, 2.45) is 0 Å². The molecule has 3 aromatic carbocycles. The summed E-state index contributed by atoms with van der Waals surface area (Å²) in [5.74, 6) is -2.62. The minimum absolute atomic E-state index is 0.0484. The first-order chi connectivity index (χ1) is 16.6. The fourth-order valence-corrected chi connectivity index (χ4v) is 4.35. The van der Waals surface area contributed by atoms with Gasteiger partial charge in [0, 0.05) is 11.5 Å². The molecule has 0 radical (unpaired) electrons. The Kier molecular flexibility index (Phi) is 6.55. The highest BCUT2D eigenvalue weighted by atomic mass is 19.1. The summed E-state index contributed by atoms with van der Waals surface area (Å²) >= 11 is 0. The molecule has 8 heteroatoms. The van der Waals surface area contributed by atoms with Crippen molar-refractivity contribution in [3.63, 3.8) is 0 Å². The molecule has 0 atom stereocenters. The number of hydrogen-bond acceptors (Lipinski definition) is 4. The molecule has 0 bridgehead atoms. The van der Waals surface area contributed by atoms with Crippen molar-refractivity contribution >= 4 is 23.7 Å². The highest BCUT2D eigenvalue weighted by molar-refractivity contribution is 6.03. The number of anilines is 1. The van der Waals surface area contributed by atoms with Gasteiger partial charge in [-0.05, 0) is 54.3 Å². The zero-order valence-corrected chi connectivity index (χ0v) is 19.3. The number of carboxylic acid groups (broad SMARTS) is 1. The van der Waals surface area contributed by atoms with Crippen molar-refractivity contribution in [1.29, 1.82) is 0 Å². The Balaban J connectivity index is 1.48. The lowest BCUT2D eigenvalue weighted by Gasteiger charge is -2.25. The van der Waals surface area contributed by atoms with E-state index in [9.17, 15) is 18.8 Å². The van der Waals surface area contributed by atoms with E-state index in [4.69, 9.17) is 9.84 Å². The molecule has 0 heterocycles. The average Bonchev–Trinajstić information content (AvgIpc) is 3.11. The number of fused-ring (bicyclic) bond motifs is 3. The van der Waals surface area contributed by atoms with Crippen LogP contribution in [0.5, 0.6) is 0 Å². The molecule has 0 spiro atoms. The molecule has 0 saturated carbocycles. The van der Waals surface area contributed by atoms with E-state index < -0.39 is 29.3 Å². The number of carbonyl (C=O) groups excluding carboxylic acids is 2. The lowest BCUT2D eigenvalue weighted by atomic mass is 9.98. The molecule has 0 aliphatic heterocycles. The largest absolute Gasteiger partial charge is 0.481 e. The monoisotopic (exact) mass is 476 g/mol. The number of hydrogen-bond donors (Lipinski definition) is 3. The number of benzene rings is 3. The molecule has 3 aromatic rings. The van der Waals surface area contributed by atoms with Crippen LogP contribution in [0, 0.1) is 5.82 Å². The van der Waals surface area contributed by atoms with Gasteiger partial charge >= 0.3 is 12.1 Å². The van der Waals surface area contributed by atoms with Crippen LogP contribution in [0.25, 0.3) is 11.1 Å². The number of aliphatic carboxylic acids is 1. The first-order valence-corrected chi connectivity index (χ1v) is 11.1. The summed E-state index contributed by atoms with van der Waals surface area (Å²) in [6.45, 7) is 3.15. The quantitative estimate of drug-likeness (QED) is 0.436. The molecule has 0 saturated heterocycles. The van der Waals surface area contributed by atoms with E-state index in [1.54, 1.807) is 0 Å². The van der Waals surface area contributed by atoms with E-state index in [2.05, 4.69) is 10.6 Å². The van der Waals surface area contributed by atoms with Gasteiger partial charge in [0.1, 0.15) is 12.4 Å². The number of carboxylic acids is 1. The fourth-order valence-electron chi connectivity index (χ4n) is 4.35. The van der Waals surface area contributed by atoms with Gasteiger partial charge in [-0.25, -0.2) is 9.18 Å². The predicted octanol–water partition coefficient (Wildman–Crippen LogP) is 5.17. The van der Waals surface area contributed by atoms with Gasteiger partial charge in [-0.15, -0.1) is 0 Å². The molecule has 0 aromatic heterocycles. The lowest BCUT2D eigenvalue weighted by Crippen LogP contribution is -2.45. The van der Waals surface area contributed by atoms with Gasteiger partial charge < -0.3 is 15.2 Å². The lowest BCUT2D eigenvalue weighted by molar-refractivity contribution is -0.138. The standard InChI is InChI=1S/C27H25FN2O5/c1-27(2,14-24(31)32)30-25(33)21-13-16(28)11-12-23(21)29-26(34)35-15-22-19-9-5-3-7-17(19)18-8-4-6-10-20(18)22/h3-13,22H,14-15H2,1-2H3,(H,29,34)(H,30,33)(H,31,32). The molecular formula is C27H25FN2O5. The Labute approximate surface area is 201 Å². The molecule has 3 N–H and O–H groups in total. The molecule has 7 nitrogen and oxygen atoms in total. The molecule has 1 aliphatic rings. The number of nitrogens with one attached hydrogen (secondary N) is 2. The molecule has 1 aliphatic carbocycles. The van der Waals surface area contributed by atoms with Crippen molar-refractivity contribution in [3.8, 4) is 11.1 Å². The summed E-state index contributed by atoms with van der Waals surface area (Å²) in [5.41, 5.74) is 3.13. The summed E-state index contributed by atoms with van der Waals surface area (Å²) in [6, 6.07) is 19.2. The second kappa shape index (κ2) is 9.58. The highest BCUT2D eigenvalue weighted by Gasteiger charge is 2.30. The van der Waals surface area contributed by atoms with Gasteiger partial charge in [-0.2, -0.15) is 0 Å². The number of ether oxygens (including phenoxy) is 1. The summed E-state index contributed by atoms with van der Waals surface area (Å²) in [4.78, 5) is 36.5. The molecule has 35 heavy (non-hydrogen) atoms. The molecule has 2 amide bonds. The smallest absolute Gasteiger partial charge is 0.411 e. The van der Waals surface area contributed by atoms with E-state index >= 15 is 0 Å². The van der Waals surface area contributed by atoms with Gasteiger partial charge in [-0.3, -0.25) is 14.9 Å². The van der Waals surface area contributed by atoms with Crippen LogP contribution in [0.3, 0.4) is 0 Å². The Bertz CT molecular complexity index is 1260. The number of carbonyl (C=O) groups is 3. The van der Waals surface area contributed by atoms with Crippen LogP contribution in [-0.2, 0) is 9.53 Å². The zero-order chi connectivity index (χ0) is 25.2. The van der Waals surface area contributed by atoms with E-state index in [0.717, 1.165) is 34.4 Å². The predicted molar refractivity (Wildman–Crippen MR) is 129 cm³/mol. The van der Waals surface area contributed by atoms with Gasteiger partial charge in [-0.1, -0.05) is 48.5 Å². The van der Waals surface area contributed by atoms with E-state index in [1.165, 1.54) is 19.9 Å². The topological polar surface area (TPSA) is 105 Å². The Morgan fingerprint density at radius 1 is 0.971 bits per heavy atom. The second-order valence-electron chi connectivity index (χ2n) is 9.05. The maximum absolute atomic E-state index is 13.9. The van der Waals surface area contributed by atoms with Crippen LogP contribution in [0.1, 0.15) is 47.7 Å². The van der Waals surface area contributed by atoms with Crippen molar-refractivity contribution in [2.75, 3.05) is 11.9 Å². The molecular weight excluding hydrogens is 451 g/mol. The van der Waals surface area contributed by atoms with E-state index in [1.807, 2.05) is 48.5 Å². The van der Waals surface area contributed by atoms with Crippen LogP contribution in [-0.4, -0.2) is 35.2 Å². The molecule has 180 valence electrons. The van der Waals surface area contributed by atoms with Gasteiger partial charge in [0.05, 0.1) is 17.7 Å². The first-order valence-electron chi connectivity index (χ1n) is 11.1. The SMILES string of the molecule is CC(C)(CC(=O)O)NC(=O)c1cc(F)ccc1NC(=O)OCC1c2ccccc2-c2ccccc21. The number of amides is 2. The maximum atomic E-state index is 13.9. The van der Waals surface area contributed by atoms with Gasteiger partial charge in [0.25, 0.3) is 5.91 Å². The van der Waals surface area contributed by atoms with Crippen molar-refractivity contribution < 1.29 is 28.6 Å². The van der Waals surface area contributed by atoms with Gasteiger partial charge in [0.15, 0.2) is 0 Å². The van der Waals surface area contributed by atoms with Crippen molar-refractivity contribution in [3.05, 3.63) is 89.2 Å². The Hall–Kier alpha value is -4.20. The van der Waals surface area contributed by atoms with Crippen LogP contribution < -0.4 is 10.6 Å². The normalized spacial score (nSPS) is 12.4. The summed E-state index contributed by atoms with van der Waals surface area (Å²) in [5, 5.41) is 14.1. The van der Waals surface area contributed by atoms with Crippen LogP contribution >= 0.6 is 0 Å². The third-order valence-corrected chi connectivity index (χ3v) is 5.85. The number of halogens is 1. The maximum Gasteiger partial charge on any atom is 0.411 e. The van der Waals surface area contributed by atoms with Crippen LogP contribution in [0.2, 0.25) is 0 Å². The third-order valence-electron chi connectivity index (χ3n) is 5.85. The number of rotatable bonds is 7. The van der Waals surface area contributed by atoms with Crippen molar-refractivity contribution in [2.45, 2.75) is 31.7 Å². The highest BCUT2D eigenvalue weighted by Crippen LogP contribution is 2.44. The second-order valence-corrected chi connectivity index (χ2v) is 9.05. The van der Waals surface area contributed by atoms with Crippen molar-refractivity contribution in [1.82, 2.24) is 5.32 Å². The van der Waals surface area contributed by atoms with Gasteiger partial charge in [0.2, 0.25) is 0 Å². The molecule has 0 unspecified atom stereocenters. The van der Waals surface area contributed by atoms with Crippen LogP contribution in [0.15, 0.2) is 66.7 Å². The van der Waals surface area contributed by atoms with E-state index in [-0.39, 0.29) is 30.2 Å². The average molecular weight is 477 g/mol. The minimum Gasteiger partial charge on any atom is -0.481 e. The van der Waals surface area contributed by atoms with E-state index in [0.29, 0.717) is 0 Å². The summed E-state index contributed by atoms with van der Waals surface area (Å²) in [6.07, 6.45) is -1.12. The first kappa shape index (κ1) is 23.9.